The van der Waals surface area contributed by atoms with Gasteiger partial charge in [0.1, 0.15) is 10.4 Å². The number of nitrogen functional groups attached to an aromatic ring is 1. The molecule has 0 radical (unpaired) electrons. The predicted molar refractivity (Wildman–Crippen MR) is 75.3 cm³/mol. The maximum Gasteiger partial charge on any atom is 0.225 e. The molecule has 0 bridgehead atoms. The minimum atomic E-state index is 0.262. The highest BCUT2D eigenvalue weighted by Gasteiger charge is 2.07. The molecular formula is C11H13BrN4S. The van der Waals surface area contributed by atoms with Crippen molar-refractivity contribution in [2.45, 2.75) is 19.4 Å². The molecule has 3 N–H and O–H groups in total. The van der Waals surface area contributed by atoms with E-state index in [1.165, 1.54) is 5.56 Å². The van der Waals surface area contributed by atoms with Crippen molar-refractivity contribution in [2.75, 3.05) is 11.1 Å². The molecule has 2 aromatic heterocycles. The lowest BCUT2D eigenvalue weighted by atomic mass is 10.1. The summed E-state index contributed by atoms with van der Waals surface area (Å²) in [6.07, 6.45) is 0.944. The lowest BCUT2D eigenvalue weighted by molar-refractivity contribution is 0.779. The zero-order chi connectivity index (χ0) is 12.3. The molecule has 0 amide bonds. The summed E-state index contributed by atoms with van der Waals surface area (Å²) in [5, 5.41) is 7.46. The van der Waals surface area contributed by atoms with Crippen LogP contribution in [0.1, 0.15) is 12.5 Å². The molecule has 2 rings (SSSR count). The largest absolute Gasteiger partial charge is 0.383 e. The molecule has 0 aliphatic carbocycles. The summed E-state index contributed by atoms with van der Waals surface area (Å²) < 4.78 is 0.690. The molecule has 2 aromatic rings. The Balaban J connectivity index is 2.00. The van der Waals surface area contributed by atoms with Crippen LogP contribution >= 0.6 is 27.3 Å². The molecule has 0 aliphatic heterocycles. The van der Waals surface area contributed by atoms with Crippen LogP contribution in [-0.2, 0) is 6.42 Å². The Morgan fingerprint density at radius 2 is 2.35 bits per heavy atom. The van der Waals surface area contributed by atoms with E-state index in [4.69, 9.17) is 5.73 Å². The molecule has 0 aliphatic rings. The van der Waals surface area contributed by atoms with Gasteiger partial charge in [-0.05, 0) is 51.7 Å². The fraction of sp³-hybridized carbons (Fsp3) is 0.273. The number of thiophene rings is 1. The van der Waals surface area contributed by atoms with Gasteiger partial charge in [0.05, 0.1) is 0 Å². The smallest absolute Gasteiger partial charge is 0.225 e. The molecule has 4 nitrogen and oxygen atoms in total. The molecule has 0 saturated carbocycles. The highest BCUT2D eigenvalue weighted by molar-refractivity contribution is 9.10. The van der Waals surface area contributed by atoms with Gasteiger partial charge in [-0.25, -0.2) is 4.98 Å². The van der Waals surface area contributed by atoms with E-state index in [2.05, 4.69) is 55.0 Å². The third kappa shape index (κ3) is 3.67. The molecular weight excluding hydrogens is 300 g/mol. The van der Waals surface area contributed by atoms with Crippen LogP contribution < -0.4 is 11.1 Å². The fourth-order valence-corrected chi connectivity index (χ4v) is 2.62. The number of aromatic nitrogens is 2. The van der Waals surface area contributed by atoms with Gasteiger partial charge >= 0.3 is 0 Å². The van der Waals surface area contributed by atoms with Crippen molar-refractivity contribution in [2.24, 2.45) is 0 Å². The van der Waals surface area contributed by atoms with E-state index in [0.29, 0.717) is 16.4 Å². The summed E-state index contributed by atoms with van der Waals surface area (Å²) in [6, 6.07) is 4.06. The molecule has 0 saturated heterocycles. The van der Waals surface area contributed by atoms with Crippen LogP contribution in [0, 0.1) is 0 Å². The van der Waals surface area contributed by atoms with Crippen molar-refractivity contribution >= 4 is 39.0 Å². The van der Waals surface area contributed by atoms with Gasteiger partial charge in [0.15, 0.2) is 0 Å². The number of halogens is 1. The van der Waals surface area contributed by atoms with E-state index in [-0.39, 0.29) is 6.04 Å². The number of anilines is 2. The normalized spacial score (nSPS) is 12.4. The van der Waals surface area contributed by atoms with Crippen LogP contribution in [0.5, 0.6) is 0 Å². The summed E-state index contributed by atoms with van der Waals surface area (Å²) >= 11 is 5.00. The second-order valence-electron chi connectivity index (χ2n) is 3.82. The maximum atomic E-state index is 5.65. The first-order valence-corrected chi connectivity index (χ1v) is 6.95. The average molecular weight is 313 g/mol. The summed E-state index contributed by atoms with van der Waals surface area (Å²) in [7, 11) is 0. The van der Waals surface area contributed by atoms with Gasteiger partial charge in [-0.3, -0.25) is 0 Å². The zero-order valence-corrected chi connectivity index (χ0v) is 11.8. The Hall–Kier alpha value is -1.14. The number of hydrogen-bond donors (Lipinski definition) is 2. The Labute approximate surface area is 112 Å². The minimum Gasteiger partial charge on any atom is -0.383 e. The third-order valence-corrected chi connectivity index (χ3v) is 3.35. The highest BCUT2D eigenvalue weighted by Crippen LogP contribution is 2.15. The number of nitrogens with one attached hydrogen (secondary N) is 1. The molecule has 1 atom stereocenters. The quantitative estimate of drug-likeness (QED) is 0.852. The van der Waals surface area contributed by atoms with E-state index in [1.54, 1.807) is 17.4 Å². The lowest BCUT2D eigenvalue weighted by Crippen LogP contribution is -2.19. The van der Waals surface area contributed by atoms with Gasteiger partial charge in [0.25, 0.3) is 0 Å². The van der Waals surface area contributed by atoms with Crippen LogP contribution in [0.3, 0.4) is 0 Å². The summed E-state index contributed by atoms with van der Waals surface area (Å²) in [5.74, 6) is 1.01. The summed E-state index contributed by atoms with van der Waals surface area (Å²) in [5.41, 5.74) is 6.97. The first-order chi connectivity index (χ1) is 8.13. The zero-order valence-electron chi connectivity index (χ0n) is 9.35. The number of hydrogen-bond acceptors (Lipinski definition) is 5. The van der Waals surface area contributed by atoms with Crippen molar-refractivity contribution in [1.82, 2.24) is 9.97 Å². The van der Waals surface area contributed by atoms with Crippen molar-refractivity contribution in [3.05, 3.63) is 33.1 Å². The number of rotatable bonds is 4. The topological polar surface area (TPSA) is 63.8 Å². The van der Waals surface area contributed by atoms with Gasteiger partial charge in [-0.2, -0.15) is 16.3 Å². The van der Waals surface area contributed by atoms with Gasteiger partial charge in [-0.15, -0.1) is 0 Å². The molecule has 90 valence electrons. The van der Waals surface area contributed by atoms with Gasteiger partial charge in [0.2, 0.25) is 5.95 Å². The van der Waals surface area contributed by atoms with E-state index in [9.17, 15) is 0 Å². The first kappa shape index (κ1) is 12.3. The van der Waals surface area contributed by atoms with Gasteiger partial charge in [0, 0.05) is 12.1 Å². The standard InChI is InChI=1S/C11H13BrN4S/c1-7(4-8-2-3-17-6-8)14-11-15-9(12)5-10(13)16-11/h2-3,5-7H,4H2,1H3,(H3,13,14,15,16). The van der Waals surface area contributed by atoms with Crippen LogP contribution in [0.4, 0.5) is 11.8 Å². The Morgan fingerprint density at radius 3 is 3.00 bits per heavy atom. The second kappa shape index (κ2) is 5.46. The van der Waals surface area contributed by atoms with E-state index in [1.807, 2.05) is 0 Å². The van der Waals surface area contributed by atoms with Crippen molar-refractivity contribution in [3.8, 4) is 0 Å². The van der Waals surface area contributed by atoms with E-state index < -0.39 is 0 Å². The van der Waals surface area contributed by atoms with Crippen molar-refractivity contribution < 1.29 is 0 Å². The Morgan fingerprint density at radius 1 is 1.53 bits per heavy atom. The molecule has 0 spiro atoms. The fourth-order valence-electron chi connectivity index (χ4n) is 1.53. The summed E-state index contributed by atoms with van der Waals surface area (Å²) in [6.45, 7) is 2.10. The van der Waals surface area contributed by atoms with Crippen LogP contribution in [0.2, 0.25) is 0 Å². The highest BCUT2D eigenvalue weighted by atomic mass is 79.9. The third-order valence-electron chi connectivity index (χ3n) is 2.21. The predicted octanol–water partition coefficient (Wildman–Crippen LogP) is 2.93. The maximum absolute atomic E-state index is 5.65. The molecule has 1 unspecified atom stereocenters. The van der Waals surface area contributed by atoms with Crippen molar-refractivity contribution in [3.63, 3.8) is 0 Å². The number of nitrogens with two attached hydrogens (primary N) is 1. The minimum absolute atomic E-state index is 0.262. The van der Waals surface area contributed by atoms with Crippen LogP contribution in [0.25, 0.3) is 0 Å². The Bertz CT molecular complexity index is 466. The molecule has 0 aromatic carbocycles. The summed E-state index contributed by atoms with van der Waals surface area (Å²) in [4.78, 5) is 8.35. The molecule has 17 heavy (non-hydrogen) atoms. The number of nitrogens with zero attached hydrogens (tertiary/aromatic N) is 2. The average Bonchev–Trinajstić information content (AvgIpc) is 2.67. The lowest BCUT2D eigenvalue weighted by Gasteiger charge is -2.13. The first-order valence-electron chi connectivity index (χ1n) is 5.21. The Kier molecular flexibility index (Phi) is 3.96. The van der Waals surface area contributed by atoms with Gasteiger partial charge in [-0.1, -0.05) is 0 Å². The van der Waals surface area contributed by atoms with E-state index in [0.717, 1.165) is 6.42 Å². The monoisotopic (exact) mass is 312 g/mol. The van der Waals surface area contributed by atoms with Crippen LogP contribution in [-0.4, -0.2) is 16.0 Å². The van der Waals surface area contributed by atoms with Crippen molar-refractivity contribution in [1.29, 1.82) is 0 Å². The second-order valence-corrected chi connectivity index (χ2v) is 5.41. The van der Waals surface area contributed by atoms with Gasteiger partial charge < -0.3 is 11.1 Å². The van der Waals surface area contributed by atoms with Crippen LogP contribution in [0.15, 0.2) is 27.5 Å². The molecule has 6 heteroatoms. The van der Waals surface area contributed by atoms with E-state index >= 15 is 0 Å². The molecule has 2 heterocycles. The molecule has 0 fully saturated rings. The SMILES string of the molecule is CC(Cc1ccsc1)Nc1nc(N)cc(Br)n1.